The van der Waals surface area contributed by atoms with Gasteiger partial charge in [0.15, 0.2) is 0 Å². The fourth-order valence-electron chi connectivity index (χ4n) is 2.00. The Bertz CT molecular complexity index is 657. The number of rotatable bonds is 6. The molecule has 1 aromatic carbocycles. The van der Waals surface area contributed by atoms with Gasteiger partial charge in [0, 0.05) is 22.2 Å². The van der Waals surface area contributed by atoms with Crippen molar-refractivity contribution in [1.82, 2.24) is 5.32 Å². The minimum absolute atomic E-state index is 0.00909. The van der Waals surface area contributed by atoms with Crippen molar-refractivity contribution in [2.24, 2.45) is 5.92 Å². The second kappa shape index (κ2) is 6.73. The molecule has 0 bridgehead atoms. The van der Waals surface area contributed by atoms with Crippen molar-refractivity contribution in [3.05, 3.63) is 27.7 Å². The molecule has 21 heavy (non-hydrogen) atoms. The Morgan fingerprint density at radius 3 is 2.52 bits per heavy atom. The summed E-state index contributed by atoms with van der Waals surface area (Å²) in [6, 6.07) is 2.45. The third kappa shape index (κ3) is 4.74. The molecule has 1 N–H and O–H groups in total. The summed E-state index contributed by atoms with van der Waals surface area (Å²) >= 11 is 11.8. The molecular formula is C13H14Cl3NO3S. The van der Waals surface area contributed by atoms with E-state index < -0.39 is 15.0 Å². The highest BCUT2D eigenvalue weighted by atomic mass is 35.7. The summed E-state index contributed by atoms with van der Waals surface area (Å²) < 4.78 is 22.8. The first-order valence-corrected chi connectivity index (χ1v) is 9.57. The van der Waals surface area contributed by atoms with E-state index in [0.29, 0.717) is 6.54 Å². The van der Waals surface area contributed by atoms with Gasteiger partial charge in [0.2, 0.25) is 0 Å². The quantitative estimate of drug-likeness (QED) is 0.611. The minimum atomic E-state index is -4.06. The molecule has 2 rings (SSSR count). The number of hydrogen-bond acceptors (Lipinski definition) is 3. The number of hydrogen-bond donors (Lipinski definition) is 1. The van der Waals surface area contributed by atoms with Crippen molar-refractivity contribution >= 4 is 48.8 Å². The highest BCUT2D eigenvalue weighted by molar-refractivity contribution is 8.13. The summed E-state index contributed by atoms with van der Waals surface area (Å²) in [4.78, 5) is 11.7. The first-order chi connectivity index (χ1) is 9.79. The van der Waals surface area contributed by atoms with Crippen molar-refractivity contribution in [3.63, 3.8) is 0 Å². The van der Waals surface area contributed by atoms with Crippen molar-refractivity contribution < 1.29 is 13.2 Å². The predicted octanol–water partition coefficient (Wildman–Crippen LogP) is 3.84. The zero-order valence-corrected chi connectivity index (χ0v) is 14.1. The molecule has 1 aromatic rings. The molecule has 8 heteroatoms. The van der Waals surface area contributed by atoms with E-state index in [1.165, 1.54) is 18.9 Å². The Balaban J connectivity index is 2.10. The van der Waals surface area contributed by atoms with E-state index >= 15 is 0 Å². The summed E-state index contributed by atoms with van der Waals surface area (Å²) in [6.07, 6.45) is 4.51. The maximum atomic E-state index is 12.1. The van der Waals surface area contributed by atoms with Crippen LogP contribution in [-0.4, -0.2) is 20.9 Å². The molecule has 1 saturated carbocycles. The average molecular weight is 371 g/mol. The summed E-state index contributed by atoms with van der Waals surface area (Å²) in [5, 5.41) is 2.58. The Hall–Kier alpha value is -0.490. The van der Waals surface area contributed by atoms with Crippen LogP contribution in [0.4, 0.5) is 0 Å². The average Bonchev–Trinajstić information content (AvgIpc) is 3.19. The molecule has 0 saturated heterocycles. The predicted molar refractivity (Wildman–Crippen MR) is 83.8 cm³/mol. The van der Waals surface area contributed by atoms with Crippen molar-refractivity contribution in [3.8, 4) is 0 Å². The Morgan fingerprint density at radius 1 is 1.29 bits per heavy atom. The molecule has 1 aliphatic carbocycles. The van der Waals surface area contributed by atoms with Crippen LogP contribution in [0, 0.1) is 5.92 Å². The van der Waals surface area contributed by atoms with E-state index in [0.717, 1.165) is 24.8 Å². The van der Waals surface area contributed by atoms with Crippen LogP contribution < -0.4 is 5.32 Å². The molecule has 4 nitrogen and oxygen atoms in total. The Labute approximate surface area is 138 Å². The molecule has 0 atom stereocenters. The highest BCUT2D eigenvalue weighted by Crippen LogP contribution is 2.33. The number of carbonyl (C=O) groups excluding carboxylic acids is 1. The van der Waals surface area contributed by atoms with E-state index in [4.69, 9.17) is 33.9 Å². The SMILES string of the molecule is O=C(NCCCC1CC1)c1cc(Cl)cc(S(=O)(=O)Cl)c1Cl. The van der Waals surface area contributed by atoms with Crippen LogP contribution in [0.25, 0.3) is 0 Å². The standard InChI is InChI=1S/C13H14Cl3NO3S/c14-9-6-10(12(15)11(7-9)21(16,19)20)13(18)17-5-1-2-8-3-4-8/h6-8H,1-5H2,(H,17,18). The van der Waals surface area contributed by atoms with Gasteiger partial charge in [-0.15, -0.1) is 0 Å². The second-order valence-corrected chi connectivity index (χ2v) is 8.39. The number of benzene rings is 1. The van der Waals surface area contributed by atoms with Gasteiger partial charge in [-0.1, -0.05) is 36.0 Å². The fraction of sp³-hybridized carbons (Fsp3) is 0.462. The van der Waals surface area contributed by atoms with E-state index in [2.05, 4.69) is 5.32 Å². The van der Waals surface area contributed by atoms with Crippen LogP contribution in [0.5, 0.6) is 0 Å². The van der Waals surface area contributed by atoms with Gasteiger partial charge in [-0.05, 0) is 30.9 Å². The first kappa shape index (κ1) is 16.9. The largest absolute Gasteiger partial charge is 0.352 e. The summed E-state index contributed by atoms with van der Waals surface area (Å²) in [5.41, 5.74) is 0.00909. The third-order valence-electron chi connectivity index (χ3n) is 3.28. The van der Waals surface area contributed by atoms with E-state index in [1.54, 1.807) is 0 Å². The fourth-order valence-corrected chi connectivity index (χ4v) is 3.86. The summed E-state index contributed by atoms with van der Waals surface area (Å²) in [5.74, 6) is 0.338. The molecule has 1 aliphatic rings. The minimum Gasteiger partial charge on any atom is -0.352 e. The molecular weight excluding hydrogens is 357 g/mol. The Morgan fingerprint density at radius 2 is 1.95 bits per heavy atom. The number of amides is 1. The summed E-state index contributed by atoms with van der Waals surface area (Å²) in [6.45, 7) is 0.515. The van der Waals surface area contributed by atoms with Gasteiger partial charge in [0.05, 0.1) is 10.6 Å². The zero-order chi connectivity index (χ0) is 15.6. The Kier molecular flexibility index (Phi) is 5.41. The first-order valence-electron chi connectivity index (χ1n) is 6.51. The lowest BCUT2D eigenvalue weighted by atomic mass is 10.2. The van der Waals surface area contributed by atoms with Crippen molar-refractivity contribution in [2.45, 2.75) is 30.6 Å². The smallest absolute Gasteiger partial charge is 0.262 e. The van der Waals surface area contributed by atoms with E-state index in [-0.39, 0.29) is 20.5 Å². The van der Waals surface area contributed by atoms with Crippen LogP contribution in [0.15, 0.2) is 17.0 Å². The second-order valence-electron chi connectivity index (χ2n) is 5.04. The summed E-state index contributed by atoms with van der Waals surface area (Å²) in [7, 11) is 1.21. The molecule has 1 amide bonds. The zero-order valence-electron chi connectivity index (χ0n) is 11.0. The molecule has 0 spiro atoms. The van der Waals surface area contributed by atoms with Crippen LogP contribution in [0.1, 0.15) is 36.0 Å². The maximum Gasteiger partial charge on any atom is 0.262 e. The molecule has 116 valence electrons. The molecule has 0 radical (unpaired) electrons. The lowest BCUT2D eigenvalue weighted by Gasteiger charge is -2.09. The third-order valence-corrected chi connectivity index (χ3v) is 5.37. The van der Waals surface area contributed by atoms with Crippen LogP contribution in [0.2, 0.25) is 10.0 Å². The normalized spacial score (nSPS) is 15.0. The van der Waals surface area contributed by atoms with Gasteiger partial charge in [0.25, 0.3) is 15.0 Å². The van der Waals surface area contributed by atoms with E-state index in [1.807, 2.05) is 0 Å². The van der Waals surface area contributed by atoms with Crippen LogP contribution in [-0.2, 0) is 9.05 Å². The molecule has 0 aromatic heterocycles. The van der Waals surface area contributed by atoms with Crippen molar-refractivity contribution in [2.75, 3.05) is 6.54 Å². The number of halogens is 3. The van der Waals surface area contributed by atoms with Gasteiger partial charge in [-0.3, -0.25) is 4.79 Å². The van der Waals surface area contributed by atoms with Crippen molar-refractivity contribution in [1.29, 1.82) is 0 Å². The van der Waals surface area contributed by atoms with Gasteiger partial charge >= 0.3 is 0 Å². The van der Waals surface area contributed by atoms with Gasteiger partial charge in [0.1, 0.15) is 4.90 Å². The maximum absolute atomic E-state index is 12.1. The van der Waals surface area contributed by atoms with Gasteiger partial charge < -0.3 is 5.32 Å². The number of nitrogens with one attached hydrogen (secondary N) is 1. The van der Waals surface area contributed by atoms with E-state index in [9.17, 15) is 13.2 Å². The monoisotopic (exact) mass is 369 g/mol. The highest BCUT2D eigenvalue weighted by Gasteiger charge is 2.23. The van der Waals surface area contributed by atoms with Crippen LogP contribution in [0.3, 0.4) is 0 Å². The lowest BCUT2D eigenvalue weighted by molar-refractivity contribution is 0.0952. The van der Waals surface area contributed by atoms with Gasteiger partial charge in [-0.2, -0.15) is 0 Å². The van der Waals surface area contributed by atoms with Crippen LogP contribution >= 0.6 is 33.9 Å². The molecule has 0 heterocycles. The molecule has 0 aliphatic heterocycles. The topological polar surface area (TPSA) is 63.2 Å². The lowest BCUT2D eigenvalue weighted by Crippen LogP contribution is -2.25. The molecule has 1 fully saturated rings. The van der Waals surface area contributed by atoms with Gasteiger partial charge in [-0.25, -0.2) is 8.42 Å². The number of carbonyl (C=O) groups is 1. The molecule has 0 unspecified atom stereocenters.